The number of hydrogen-bond donors (Lipinski definition) is 1. The van der Waals surface area contributed by atoms with Gasteiger partial charge in [0.2, 0.25) is 0 Å². The third-order valence-electron chi connectivity index (χ3n) is 2.23. The molecule has 1 radical (unpaired) electrons. The molecule has 0 unspecified atom stereocenters. The number of H-pyrrole nitrogens is 1. The average Bonchev–Trinajstić information content (AvgIpc) is 3.02. The van der Waals surface area contributed by atoms with Gasteiger partial charge in [-0.25, -0.2) is 4.98 Å². The molecular formula is C12H12N4Y-2. The molecule has 85 valence electrons. The van der Waals surface area contributed by atoms with Crippen molar-refractivity contribution < 1.29 is 32.7 Å². The van der Waals surface area contributed by atoms with Crippen LogP contribution in [0, 0.1) is 6.92 Å². The van der Waals surface area contributed by atoms with Crippen LogP contribution in [0.5, 0.6) is 0 Å². The minimum atomic E-state index is 0. The van der Waals surface area contributed by atoms with Crippen molar-refractivity contribution in [3.8, 4) is 11.1 Å². The van der Waals surface area contributed by atoms with Gasteiger partial charge in [-0.3, -0.25) is 0 Å². The average molecular weight is 301 g/mol. The molecule has 0 spiro atoms. The third kappa shape index (κ3) is 2.82. The van der Waals surface area contributed by atoms with E-state index in [1.165, 1.54) is 0 Å². The maximum atomic E-state index is 4.22. The number of aromatic amines is 1. The maximum Gasteiger partial charge on any atom is 0.137 e. The summed E-state index contributed by atoms with van der Waals surface area (Å²) in [5, 5.41) is 8.72. The van der Waals surface area contributed by atoms with E-state index in [4.69, 9.17) is 0 Å². The molecule has 0 fully saturated rings. The summed E-state index contributed by atoms with van der Waals surface area (Å²) >= 11 is 0. The summed E-state index contributed by atoms with van der Waals surface area (Å²) in [6, 6.07) is 3.97. The second kappa shape index (κ2) is 6.67. The van der Waals surface area contributed by atoms with Gasteiger partial charge in [0.15, 0.2) is 0 Å². The Balaban J connectivity index is 0.000000459. The van der Waals surface area contributed by atoms with Gasteiger partial charge in [-0.1, -0.05) is 0 Å². The van der Waals surface area contributed by atoms with Crippen LogP contribution < -0.4 is 5.10 Å². The zero-order valence-electron chi connectivity index (χ0n) is 9.59. The molecule has 0 bridgehead atoms. The fourth-order valence-corrected chi connectivity index (χ4v) is 1.58. The molecule has 0 aliphatic carbocycles. The van der Waals surface area contributed by atoms with Crippen molar-refractivity contribution in [1.29, 1.82) is 0 Å². The van der Waals surface area contributed by atoms with Crippen LogP contribution in [0.1, 0.15) is 6.92 Å². The van der Waals surface area contributed by atoms with Gasteiger partial charge in [0, 0.05) is 56.7 Å². The molecule has 3 rings (SSSR count). The molecular weight excluding hydrogens is 289 g/mol. The van der Waals surface area contributed by atoms with E-state index in [2.05, 4.69) is 27.1 Å². The number of aromatic nitrogens is 4. The summed E-state index contributed by atoms with van der Waals surface area (Å²) < 4.78 is 0. The van der Waals surface area contributed by atoms with E-state index in [0.29, 0.717) is 0 Å². The number of nitrogens with one attached hydrogen (secondary N) is 1. The summed E-state index contributed by atoms with van der Waals surface area (Å²) in [6.45, 7) is 5.00. The zero-order chi connectivity index (χ0) is 11.4. The Morgan fingerprint density at radius 3 is 2.82 bits per heavy atom. The van der Waals surface area contributed by atoms with Crippen molar-refractivity contribution in [2.45, 2.75) is 6.92 Å². The van der Waals surface area contributed by atoms with Gasteiger partial charge in [0.05, 0.1) is 0 Å². The van der Waals surface area contributed by atoms with Crippen molar-refractivity contribution in [2.75, 3.05) is 0 Å². The van der Waals surface area contributed by atoms with Crippen LogP contribution in [0.3, 0.4) is 0 Å². The third-order valence-corrected chi connectivity index (χ3v) is 2.23. The second-order valence-electron chi connectivity index (χ2n) is 3.04. The van der Waals surface area contributed by atoms with Crippen LogP contribution in [-0.4, -0.2) is 15.1 Å². The molecule has 4 nitrogen and oxygen atoms in total. The Labute approximate surface area is 125 Å². The Morgan fingerprint density at radius 2 is 2.12 bits per heavy atom. The first-order chi connectivity index (χ1) is 7.95. The summed E-state index contributed by atoms with van der Waals surface area (Å²) in [6.07, 6.45) is 7.16. The number of fused-ring (bicyclic) bond motifs is 1. The zero-order valence-corrected chi connectivity index (χ0v) is 12.4. The summed E-state index contributed by atoms with van der Waals surface area (Å²) in [4.78, 5) is 7.29. The first-order valence-electron chi connectivity index (χ1n) is 5.02. The van der Waals surface area contributed by atoms with E-state index in [9.17, 15) is 0 Å². The van der Waals surface area contributed by atoms with Gasteiger partial charge < -0.3 is 22.1 Å². The summed E-state index contributed by atoms with van der Waals surface area (Å²) in [7, 11) is 0. The van der Waals surface area contributed by atoms with Crippen molar-refractivity contribution in [2.24, 2.45) is 0 Å². The predicted octanol–water partition coefficient (Wildman–Crippen LogP) is 2.42. The van der Waals surface area contributed by atoms with Crippen molar-refractivity contribution in [3.05, 3.63) is 43.8 Å². The molecule has 0 aromatic carbocycles. The fourth-order valence-electron chi connectivity index (χ4n) is 1.58. The Hall–Kier alpha value is -0.996. The topological polar surface area (TPSA) is 55.7 Å². The maximum absolute atomic E-state index is 4.22. The monoisotopic (exact) mass is 301 g/mol. The van der Waals surface area contributed by atoms with Crippen LogP contribution in [0.25, 0.3) is 22.2 Å². The van der Waals surface area contributed by atoms with Gasteiger partial charge in [-0.05, 0) is 23.3 Å². The van der Waals surface area contributed by atoms with Crippen molar-refractivity contribution in [3.63, 3.8) is 0 Å². The molecule has 0 saturated heterocycles. The van der Waals surface area contributed by atoms with Gasteiger partial charge in [-0.15, -0.1) is 0 Å². The van der Waals surface area contributed by atoms with E-state index >= 15 is 0 Å². The van der Waals surface area contributed by atoms with Crippen LogP contribution in [0.2, 0.25) is 0 Å². The second-order valence-corrected chi connectivity index (χ2v) is 3.04. The minimum absolute atomic E-state index is 0. The molecule has 3 aromatic heterocycles. The predicted molar refractivity (Wildman–Crippen MR) is 63.7 cm³/mol. The normalized spacial score (nSPS) is 9.29. The molecule has 0 aliphatic heterocycles. The molecule has 0 saturated carbocycles. The molecule has 1 N–H and O–H groups in total. The smallest absolute Gasteiger partial charge is 0.137 e. The van der Waals surface area contributed by atoms with Crippen LogP contribution >= 0.6 is 0 Å². The van der Waals surface area contributed by atoms with E-state index in [-0.39, 0.29) is 32.7 Å². The molecule has 0 amide bonds. The summed E-state index contributed by atoms with van der Waals surface area (Å²) in [5.41, 5.74) is 3.03. The number of rotatable bonds is 1. The minimum Gasteiger partial charge on any atom is -0.581 e. The first-order valence-corrected chi connectivity index (χ1v) is 5.02. The molecule has 17 heavy (non-hydrogen) atoms. The van der Waals surface area contributed by atoms with Crippen molar-refractivity contribution in [1.82, 2.24) is 20.2 Å². The number of nitrogens with zero attached hydrogens (tertiary/aromatic N) is 3. The molecule has 0 atom stereocenters. The van der Waals surface area contributed by atoms with E-state index in [1.807, 2.05) is 18.3 Å². The van der Waals surface area contributed by atoms with Crippen molar-refractivity contribution >= 4 is 11.0 Å². The van der Waals surface area contributed by atoms with E-state index in [0.717, 1.165) is 22.2 Å². The van der Waals surface area contributed by atoms with E-state index in [1.54, 1.807) is 25.5 Å². The van der Waals surface area contributed by atoms with Gasteiger partial charge in [0.1, 0.15) is 5.65 Å². The molecule has 3 heterocycles. The van der Waals surface area contributed by atoms with Crippen LogP contribution in [0.4, 0.5) is 0 Å². The van der Waals surface area contributed by atoms with Crippen LogP contribution in [0.15, 0.2) is 36.9 Å². The quantitative estimate of drug-likeness (QED) is 0.702. The standard InChI is InChI=1S/C10H7N4.C2H5.Y/c1-3-11-10-9(2-4-12-10)8(1)7-5-13-14-6-7;1-2;/h1-6H,(H-,11,12,13,14);1H2,2H3;/q2*-1;. The first kappa shape index (κ1) is 14.1. The largest absolute Gasteiger partial charge is 0.581 e. The molecule has 3 aromatic rings. The van der Waals surface area contributed by atoms with Gasteiger partial charge in [-0.2, -0.15) is 13.1 Å². The molecule has 0 aliphatic rings. The van der Waals surface area contributed by atoms with Gasteiger partial charge in [0.25, 0.3) is 0 Å². The molecule has 5 heteroatoms. The van der Waals surface area contributed by atoms with Gasteiger partial charge >= 0.3 is 0 Å². The summed E-state index contributed by atoms with van der Waals surface area (Å²) in [5.74, 6) is 0. The number of pyridine rings is 1. The Morgan fingerprint density at radius 1 is 1.29 bits per heavy atom. The number of hydrogen-bond acceptors (Lipinski definition) is 2. The Bertz CT molecular complexity index is 557. The van der Waals surface area contributed by atoms with Crippen LogP contribution in [-0.2, 0) is 32.7 Å². The Kier molecular flexibility index (Phi) is 5.52. The fraction of sp³-hybridized carbons (Fsp3) is 0.0833. The SMILES string of the molecule is [CH2-]C.[Y].c1cc(-c2cn[n-]c2)c2cc[nH]c2n1. The van der Waals surface area contributed by atoms with E-state index < -0.39 is 0 Å².